The molecule has 1 saturated heterocycles. The first-order valence-electron chi connectivity index (χ1n) is 8.70. The molecule has 0 bridgehead atoms. The lowest BCUT2D eigenvalue weighted by Gasteiger charge is -2.12. The first-order chi connectivity index (χ1) is 13.9. The zero-order chi connectivity index (χ0) is 21.0. The van der Waals surface area contributed by atoms with E-state index in [1.807, 2.05) is 6.07 Å². The molecule has 1 heterocycles. The molecular formula is C21H20N2O5S. The number of carboxylic acid groups (broad SMARTS) is 1. The topological polar surface area (TPSA) is 88.4 Å². The van der Waals surface area contributed by atoms with Crippen LogP contribution in [0, 0.1) is 0 Å². The van der Waals surface area contributed by atoms with E-state index in [0.29, 0.717) is 21.6 Å². The maximum Gasteiger partial charge on any atom is 0.335 e. The maximum atomic E-state index is 12.3. The van der Waals surface area contributed by atoms with E-state index in [-0.39, 0.29) is 18.1 Å². The molecule has 2 aromatic rings. The van der Waals surface area contributed by atoms with E-state index in [2.05, 4.69) is 4.99 Å². The Bertz CT molecular complexity index is 1020. The van der Waals surface area contributed by atoms with Gasteiger partial charge in [-0.1, -0.05) is 18.2 Å². The van der Waals surface area contributed by atoms with Crippen molar-refractivity contribution >= 4 is 34.9 Å². The van der Waals surface area contributed by atoms with Gasteiger partial charge in [0.25, 0.3) is 5.91 Å². The Hall–Kier alpha value is -3.26. The first-order valence-corrected chi connectivity index (χ1v) is 9.52. The smallest absolute Gasteiger partial charge is 0.335 e. The SMILES string of the molecule is CN=C1S/C(=C\c2ccc(OCc3cccc(C(=O)O)c3)c(OC)c2)C(=O)N1C. The monoisotopic (exact) mass is 412 g/mol. The van der Waals surface area contributed by atoms with Gasteiger partial charge in [-0.15, -0.1) is 0 Å². The summed E-state index contributed by atoms with van der Waals surface area (Å²) in [5.74, 6) is -0.0492. The zero-order valence-electron chi connectivity index (χ0n) is 16.2. The molecule has 0 radical (unpaired) electrons. The van der Waals surface area contributed by atoms with Crippen LogP contribution in [0.1, 0.15) is 21.5 Å². The third-order valence-corrected chi connectivity index (χ3v) is 5.40. The molecule has 1 N–H and O–H groups in total. The molecular weight excluding hydrogens is 392 g/mol. The number of nitrogens with zero attached hydrogens (tertiary/aromatic N) is 2. The number of amides is 1. The van der Waals surface area contributed by atoms with Crippen LogP contribution in [0.2, 0.25) is 0 Å². The first kappa shape index (κ1) is 20.5. The quantitative estimate of drug-likeness (QED) is 0.731. The predicted molar refractivity (Wildman–Crippen MR) is 112 cm³/mol. The Labute approximate surface area is 172 Å². The molecule has 2 aromatic carbocycles. The van der Waals surface area contributed by atoms with Crippen LogP contribution >= 0.6 is 11.8 Å². The minimum atomic E-state index is -0.983. The molecule has 1 aliphatic heterocycles. The summed E-state index contributed by atoms with van der Waals surface area (Å²) in [6.45, 7) is 0.202. The average Bonchev–Trinajstić information content (AvgIpc) is 3.00. The Morgan fingerprint density at radius 1 is 1.24 bits per heavy atom. The third kappa shape index (κ3) is 4.60. The summed E-state index contributed by atoms with van der Waals surface area (Å²) in [4.78, 5) is 29.6. The molecule has 1 fully saturated rings. The second-order valence-electron chi connectivity index (χ2n) is 6.19. The van der Waals surface area contributed by atoms with Crippen molar-refractivity contribution in [1.82, 2.24) is 4.90 Å². The van der Waals surface area contributed by atoms with Crippen molar-refractivity contribution in [3.8, 4) is 11.5 Å². The van der Waals surface area contributed by atoms with E-state index in [1.54, 1.807) is 50.5 Å². The Balaban J connectivity index is 1.77. The van der Waals surface area contributed by atoms with Gasteiger partial charge >= 0.3 is 5.97 Å². The van der Waals surface area contributed by atoms with Gasteiger partial charge in [0.2, 0.25) is 0 Å². The number of hydrogen-bond donors (Lipinski definition) is 1. The normalized spacial score (nSPS) is 16.5. The second kappa shape index (κ2) is 8.83. The molecule has 0 aromatic heterocycles. The van der Waals surface area contributed by atoms with Gasteiger partial charge in [-0.25, -0.2) is 4.79 Å². The van der Waals surface area contributed by atoms with Crippen LogP contribution in [0.5, 0.6) is 11.5 Å². The number of rotatable bonds is 6. The Morgan fingerprint density at radius 2 is 2.03 bits per heavy atom. The fourth-order valence-corrected chi connectivity index (χ4v) is 3.68. The molecule has 29 heavy (non-hydrogen) atoms. The molecule has 0 unspecified atom stereocenters. The largest absolute Gasteiger partial charge is 0.493 e. The van der Waals surface area contributed by atoms with Gasteiger partial charge in [-0.05, 0) is 53.2 Å². The summed E-state index contributed by atoms with van der Waals surface area (Å²) in [5, 5.41) is 9.74. The standard InChI is InChI=1S/C21H20N2O5S/c1-22-21-23(2)19(24)18(29-21)11-13-7-8-16(17(10-13)27-3)28-12-14-5-4-6-15(9-14)20(25)26/h4-11H,12H2,1-3H3,(H,25,26)/b18-11-,22-21?. The van der Waals surface area contributed by atoms with Crippen molar-refractivity contribution < 1.29 is 24.2 Å². The van der Waals surface area contributed by atoms with Crippen molar-refractivity contribution in [2.24, 2.45) is 4.99 Å². The van der Waals surface area contributed by atoms with Crippen molar-refractivity contribution in [2.75, 3.05) is 21.2 Å². The van der Waals surface area contributed by atoms with Gasteiger partial charge in [-0.2, -0.15) is 0 Å². The number of carbonyl (C=O) groups excluding carboxylic acids is 1. The minimum Gasteiger partial charge on any atom is -0.493 e. The fourth-order valence-electron chi connectivity index (χ4n) is 2.75. The summed E-state index contributed by atoms with van der Waals surface area (Å²) in [5.41, 5.74) is 1.74. The number of aromatic carboxylic acids is 1. The predicted octanol–water partition coefficient (Wildman–Crippen LogP) is 3.50. The highest BCUT2D eigenvalue weighted by Gasteiger charge is 2.29. The number of aliphatic imine (C=N–C) groups is 1. The van der Waals surface area contributed by atoms with Crippen molar-refractivity contribution in [3.05, 3.63) is 64.1 Å². The molecule has 0 atom stereocenters. The number of ether oxygens (including phenoxy) is 2. The molecule has 8 heteroatoms. The average molecular weight is 412 g/mol. The number of amidine groups is 1. The second-order valence-corrected chi connectivity index (χ2v) is 7.19. The number of hydrogen-bond acceptors (Lipinski definition) is 6. The van der Waals surface area contributed by atoms with E-state index in [0.717, 1.165) is 11.1 Å². The summed E-state index contributed by atoms with van der Waals surface area (Å²) in [6.07, 6.45) is 1.78. The minimum absolute atomic E-state index is 0.104. The maximum absolute atomic E-state index is 12.3. The van der Waals surface area contributed by atoms with Crippen LogP contribution < -0.4 is 9.47 Å². The molecule has 150 valence electrons. The van der Waals surface area contributed by atoms with Gasteiger partial charge in [0.15, 0.2) is 16.7 Å². The van der Waals surface area contributed by atoms with Gasteiger partial charge in [0, 0.05) is 14.1 Å². The van der Waals surface area contributed by atoms with Gasteiger partial charge in [0.05, 0.1) is 17.6 Å². The summed E-state index contributed by atoms with van der Waals surface area (Å²) in [7, 11) is 4.88. The molecule has 3 rings (SSSR count). The van der Waals surface area contributed by atoms with Crippen LogP contribution in [0.25, 0.3) is 6.08 Å². The summed E-state index contributed by atoms with van der Waals surface area (Å²) < 4.78 is 11.2. The number of benzene rings is 2. The number of carbonyl (C=O) groups is 2. The highest BCUT2D eigenvalue weighted by atomic mass is 32.2. The lowest BCUT2D eigenvalue weighted by Crippen LogP contribution is -2.23. The number of carboxylic acids is 1. The van der Waals surface area contributed by atoms with Crippen molar-refractivity contribution in [2.45, 2.75) is 6.61 Å². The van der Waals surface area contributed by atoms with Crippen LogP contribution in [0.3, 0.4) is 0 Å². The molecule has 1 aliphatic rings. The molecule has 7 nitrogen and oxygen atoms in total. The number of methoxy groups -OCH3 is 1. The molecule has 0 spiro atoms. The van der Waals surface area contributed by atoms with Gasteiger partial charge in [-0.3, -0.25) is 14.7 Å². The molecule has 1 amide bonds. The lowest BCUT2D eigenvalue weighted by molar-refractivity contribution is -0.121. The Morgan fingerprint density at radius 3 is 2.69 bits per heavy atom. The van der Waals surface area contributed by atoms with E-state index < -0.39 is 5.97 Å². The highest BCUT2D eigenvalue weighted by Crippen LogP contribution is 2.34. The number of likely N-dealkylation sites (N-methyl/N-ethyl adjacent to an activating group) is 1. The molecule has 0 aliphatic carbocycles. The van der Waals surface area contributed by atoms with Crippen molar-refractivity contribution in [3.63, 3.8) is 0 Å². The van der Waals surface area contributed by atoms with Gasteiger partial charge in [0.1, 0.15) is 6.61 Å². The Kier molecular flexibility index (Phi) is 6.23. The van der Waals surface area contributed by atoms with Crippen molar-refractivity contribution in [1.29, 1.82) is 0 Å². The van der Waals surface area contributed by atoms with Gasteiger partial charge < -0.3 is 14.6 Å². The molecule has 0 saturated carbocycles. The summed E-state index contributed by atoms with van der Waals surface area (Å²) >= 11 is 1.32. The third-order valence-electron chi connectivity index (χ3n) is 4.25. The zero-order valence-corrected chi connectivity index (χ0v) is 17.0. The number of thioether (sulfide) groups is 1. The van der Waals surface area contributed by atoms with E-state index in [1.165, 1.54) is 29.8 Å². The van der Waals surface area contributed by atoms with E-state index in [4.69, 9.17) is 14.6 Å². The highest BCUT2D eigenvalue weighted by molar-refractivity contribution is 8.18. The lowest BCUT2D eigenvalue weighted by atomic mass is 10.1. The fraction of sp³-hybridized carbons (Fsp3) is 0.190. The van der Waals surface area contributed by atoms with E-state index in [9.17, 15) is 9.59 Å². The van der Waals surface area contributed by atoms with Crippen LogP contribution in [0.4, 0.5) is 0 Å². The summed E-state index contributed by atoms with van der Waals surface area (Å²) in [6, 6.07) is 11.9. The van der Waals surface area contributed by atoms with Crippen LogP contribution in [-0.4, -0.2) is 48.3 Å². The van der Waals surface area contributed by atoms with Crippen LogP contribution in [0.15, 0.2) is 52.4 Å². The van der Waals surface area contributed by atoms with E-state index >= 15 is 0 Å². The van der Waals surface area contributed by atoms with Crippen LogP contribution in [-0.2, 0) is 11.4 Å².